The van der Waals surface area contributed by atoms with E-state index in [1.165, 1.54) is 7.11 Å². The van der Waals surface area contributed by atoms with Crippen molar-refractivity contribution in [3.05, 3.63) is 122 Å². The predicted octanol–water partition coefficient (Wildman–Crippen LogP) is 5.69. The first-order valence-electron chi connectivity index (χ1n) is 10.2. The molecule has 0 aliphatic heterocycles. The third-order valence-electron chi connectivity index (χ3n) is 4.27. The van der Waals surface area contributed by atoms with Crippen molar-refractivity contribution in [2.24, 2.45) is 0 Å². The number of hydrogen-bond acceptors (Lipinski definition) is 6. The number of aromatic nitrogens is 4. The van der Waals surface area contributed by atoms with E-state index in [9.17, 15) is 0 Å². The van der Waals surface area contributed by atoms with Crippen LogP contribution in [0.3, 0.4) is 0 Å². The Morgan fingerprint density at radius 2 is 0.824 bits per heavy atom. The van der Waals surface area contributed by atoms with Crippen molar-refractivity contribution < 1.29 is 29.3 Å². The van der Waals surface area contributed by atoms with Crippen LogP contribution < -0.4 is 4.74 Å². The van der Waals surface area contributed by atoms with Gasteiger partial charge in [0.25, 0.3) is 0 Å². The summed E-state index contributed by atoms with van der Waals surface area (Å²) in [5.74, 6) is 0.692. The molecule has 5 rings (SSSR count). The molecule has 0 atom stereocenters. The van der Waals surface area contributed by atoms with E-state index in [1.54, 1.807) is 49.1 Å². The Kier molecular flexibility index (Phi) is 11.6. The molecule has 1 N–H and O–H groups in total. The van der Waals surface area contributed by atoms with Crippen molar-refractivity contribution in [2.75, 3.05) is 7.11 Å². The van der Waals surface area contributed by atoms with Crippen LogP contribution in [-0.4, -0.2) is 32.2 Å². The van der Waals surface area contributed by atoms with Gasteiger partial charge < -0.3 is 9.84 Å². The molecule has 0 unspecified atom stereocenters. The summed E-state index contributed by atoms with van der Waals surface area (Å²) in [6.07, 6.45) is 7.07. The summed E-state index contributed by atoms with van der Waals surface area (Å²) >= 11 is 0. The summed E-state index contributed by atoms with van der Waals surface area (Å²) in [5, 5.41) is 8.99. The zero-order chi connectivity index (χ0) is 23.1. The molecule has 34 heavy (non-hydrogen) atoms. The second kappa shape index (κ2) is 15.0. The van der Waals surface area contributed by atoms with Gasteiger partial charge in [0.2, 0.25) is 0 Å². The van der Waals surface area contributed by atoms with Gasteiger partial charge in [-0.25, -0.2) is 0 Å². The van der Waals surface area contributed by atoms with E-state index in [-0.39, 0.29) is 25.2 Å². The quantitative estimate of drug-likeness (QED) is 0.298. The minimum atomic E-state index is 0. The SMILES string of the molecule is COc1ccccc1O.[Ru].c1ccc(-c2ccccn2)nc1.c1ccc(-c2ccccn2)nc1. The summed E-state index contributed by atoms with van der Waals surface area (Å²) in [7, 11) is 1.52. The summed E-state index contributed by atoms with van der Waals surface area (Å²) in [5.41, 5.74) is 3.66. The molecule has 0 aliphatic carbocycles. The van der Waals surface area contributed by atoms with Crippen LogP contribution in [0, 0.1) is 0 Å². The molecule has 0 bridgehead atoms. The maximum Gasteiger partial charge on any atom is 0.160 e. The van der Waals surface area contributed by atoms with Crippen LogP contribution in [-0.2, 0) is 19.5 Å². The van der Waals surface area contributed by atoms with Gasteiger partial charge in [-0.05, 0) is 60.7 Å². The fourth-order valence-electron chi connectivity index (χ4n) is 2.69. The molecule has 5 aromatic rings. The van der Waals surface area contributed by atoms with Crippen LogP contribution in [0.25, 0.3) is 22.8 Å². The third kappa shape index (κ3) is 8.53. The molecule has 6 nitrogen and oxygen atoms in total. The molecule has 7 heteroatoms. The van der Waals surface area contributed by atoms with Gasteiger partial charge in [0.05, 0.1) is 29.9 Å². The van der Waals surface area contributed by atoms with Crippen molar-refractivity contribution in [2.45, 2.75) is 0 Å². The first kappa shape index (κ1) is 26.3. The molecular formula is C27H24N4O2Ru. The Hall–Kier alpha value is -3.96. The van der Waals surface area contributed by atoms with Gasteiger partial charge in [0.15, 0.2) is 11.5 Å². The second-order valence-corrected chi connectivity index (χ2v) is 6.53. The third-order valence-corrected chi connectivity index (χ3v) is 4.27. The molecule has 0 fully saturated rings. The molecule has 0 saturated heterocycles. The van der Waals surface area contributed by atoms with E-state index in [1.807, 2.05) is 72.8 Å². The number of rotatable bonds is 3. The molecule has 172 valence electrons. The topological polar surface area (TPSA) is 81.0 Å². The number of ether oxygens (including phenoxy) is 1. The average Bonchev–Trinajstić information content (AvgIpc) is 2.92. The zero-order valence-corrected chi connectivity index (χ0v) is 20.3. The van der Waals surface area contributed by atoms with E-state index in [0.29, 0.717) is 5.75 Å². The summed E-state index contributed by atoms with van der Waals surface area (Å²) < 4.78 is 4.79. The van der Waals surface area contributed by atoms with Gasteiger partial charge in [-0.2, -0.15) is 0 Å². The van der Waals surface area contributed by atoms with E-state index >= 15 is 0 Å². The van der Waals surface area contributed by atoms with Crippen molar-refractivity contribution in [1.29, 1.82) is 0 Å². The monoisotopic (exact) mass is 538 g/mol. The largest absolute Gasteiger partial charge is 0.504 e. The normalized spacial score (nSPS) is 9.21. The molecule has 0 radical (unpaired) electrons. The van der Waals surface area contributed by atoms with Gasteiger partial charge in [0, 0.05) is 44.3 Å². The number of phenolic OH excluding ortho intramolecular Hbond substituents is 1. The van der Waals surface area contributed by atoms with Crippen LogP contribution in [0.4, 0.5) is 0 Å². The van der Waals surface area contributed by atoms with Crippen molar-refractivity contribution in [3.8, 4) is 34.3 Å². The summed E-state index contributed by atoms with van der Waals surface area (Å²) in [4.78, 5) is 16.7. The van der Waals surface area contributed by atoms with Gasteiger partial charge in [-0.15, -0.1) is 0 Å². The standard InChI is InChI=1S/2C10H8N2.C7H8O2.Ru/c2*1-3-7-11-9(5-1)10-6-2-4-8-12-10;1-9-7-5-3-2-4-6(7)8;/h2*1-8H;2-5,8H,1H3;. The minimum Gasteiger partial charge on any atom is -0.504 e. The van der Waals surface area contributed by atoms with Gasteiger partial charge >= 0.3 is 0 Å². The summed E-state index contributed by atoms with van der Waals surface area (Å²) in [6.45, 7) is 0. The van der Waals surface area contributed by atoms with E-state index in [0.717, 1.165) is 22.8 Å². The first-order valence-corrected chi connectivity index (χ1v) is 10.2. The van der Waals surface area contributed by atoms with E-state index < -0.39 is 0 Å². The molecule has 4 aromatic heterocycles. The van der Waals surface area contributed by atoms with Gasteiger partial charge in [-0.3, -0.25) is 19.9 Å². The number of aromatic hydroxyl groups is 1. The minimum absolute atomic E-state index is 0. The number of para-hydroxylation sites is 2. The molecule has 0 amide bonds. The number of phenols is 1. The van der Waals surface area contributed by atoms with Crippen LogP contribution in [0.1, 0.15) is 0 Å². The van der Waals surface area contributed by atoms with Gasteiger partial charge in [-0.1, -0.05) is 36.4 Å². The molecule has 0 aliphatic rings. The summed E-state index contributed by atoms with van der Waals surface area (Å²) in [6, 6.07) is 30.0. The van der Waals surface area contributed by atoms with Crippen molar-refractivity contribution >= 4 is 0 Å². The average molecular weight is 538 g/mol. The number of pyridine rings is 4. The fourth-order valence-corrected chi connectivity index (χ4v) is 2.69. The molecule has 0 saturated carbocycles. The van der Waals surface area contributed by atoms with Gasteiger partial charge in [0.1, 0.15) is 0 Å². The van der Waals surface area contributed by atoms with Crippen LogP contribution in [0.2, 0.25) is 0 Å². The number of hydrogen-bond donors (Lipinski definition) is 1. The predicted molar refractivity (Wildman–Crippen MR) is 130 cm³/mol. The van der Waals surface area contributed by atoms with Crippen molar-refractivity contribution in [1.82, 2.24) is 19.9 Å². The number of nitrogens with zero attached hydrogens (tertiary/aromatic N) is 4. The molecule has 4 heterocycles. The maximum absolute atomic E-state index is 8.99. The Morgan fingerprint density at radius 3 is 1.06 bits per heavy atom. The van der Waals surface area contributed by atoms with Crippen LogP contribution >= 0.6 is 0 Å². The van der Waals surface area contributed by atoms with Crippen molar-refractivity contribution in [3.63, 3.8) is 0 Å². The fraction of sp³-hybridized carbons (Fsp3) is 0.0370. The Bertz CT molecular complexity index is 1050. The molecule has 0 spiro atoms. The van der Waals surface area contributed by atoms with E-state index in [4.69, 9.17) is 9.84 Å². The molecule has 1 aromatic carbocycles. The maximum atomic E-state index is 8.99. The van der Waals surface area contributed by atoms with Crippen LogP contribution in [0.5, 0.6) is 11.5 Å². The first-order chi connectivity index (χ1) is 16.3. The van der Waals surface area contributed by atoms with Crippen LogP contribution in [0.15, 0.2) is 122 Å². The van der Waals surface area contributed by atoms with E-state index in [2.05, 4.69) is 19.9 Å². The number of methoxy groups -OCH3 is 1. The number of benzene rings is 1. The second-order valence-electron chi connectivity index (χ2n) is 6.53. The smallest absolute Gasteiger partial charge is 0.160 e. The Morgan fingerprint density at radius 1 is 0.500 bits per heavy atom. The zero-order valence-electron chi connectivity index (χ0n) is 18.5. The Labute approximate surface area is 212 Å². The Balaban J connectivity index is 0.000000180. The molecular weight excluding hydrogens is 513 g/mol.